The normalized spacial score (nSPS) is 15.2. The zero-order valence-electron chi connectivity index (χ0n) is 24.2. The van der Waals surface area contributed by atoms with Gasteiger partial charge in [0.15, 0.2) is 0 Å². The van der Waals surface area contributed by atoms with Crippen LogP contribution in [0.3, 0.4) is 0 Å². The molecule has 0 aliphatic carbocycles. The van der Waals surface area contributed by atoms with E-state index in [-0.39, 0.29) is 31.6 Å². The molecule has 0 radical (unpaired) electrons. The van der Waals surface area contributed by atoms with Gasteiger partial charge in [0.2, 0.25) is 35.4 Å². The van der Waals surface area contributed by atoms with Gasteiger partial charge in [0.05, 0.1) is 25.4 Å². The number of carbonyl (C=O) groups excluding carboxylic acids is 6. The molecule has 0 heterocycles. The van der Waals surface area contributed by atoms with Crippen LogP contribution in [0.5, 0.6) is 0 Å². The second-order valence-corrected chi connectivity index (χ2v) is 10.2. The summed E-state index contributed by atoms with van der Waals surface area (Å²) in [7, 11) is 0. The molecule has 0 aromatic rings. The maximum Gasteiger partial charge on any atom is 0.303 e. The Labute approximate surface area is 243 Å². The minimum atomic E-state index is -1.65. The van der Waals surface area contributed by atoms with Gasteiger partial charge in [-0.2, -0.15) is 0 Å². The molecular formula is C25H44N6O11. The Hall–Kier alpha value is -3.83. The first-order chi connectivity index (χ1) is 19.5. The summed E-state index contributed by atoms with van der Waals surface area (Å²) in [6.45, 7) is 4.37. The summed E-state index contributed by atoms with van der Waals surface area (Å²) in [6, 6.07) is -6.63. The zero-order chi connectivity index (χ0) is 32.6. The molecule has 0 bridgehead atoms. The van der Waals surface area contributed by atoms with Gasteiger partial charge < -0.3 is 52.7 Å². The number of hydrogen-bond acceptors (Lipinski definition) is 10. The smallest absolute Gasteiger partial charge is 0.303 e. The second-order valence-electron chi connectivity index (χ2n) is 10.2. The van der Waals surface area contributed by atoms with Gasteiger partial charge in [-0.05, 0) is 32.1 Å². The Morgan fingerprint density at radius 1 is 0.690 bits per heavy atom. The van der Waals surface area contributed by atoms with Gasteiger partial charge in [0.1, 0.15) is 24.2 Å². The minimum absolute atomic E-state index is 0.0552. The number of carbonyl (C=O) groups is 7. The van der Waals surface area contributed by atoms with Gasteiger partial charge in [-0.15, -0.1) is 0 Å². The third-order valence-electron chi connectivity index (χ3n) is 5.87. The van der Waals surface area contributed by atoms with E-state index in [2.05, 4.69) is 26.6 Å². The topological polar surface area (TPSA) is 287 Å². The Bertz CT molecular complexity index is 959. The number of hydrogen-bond donors (Lipinski definition) is 10. The Morgan fingerprint density at radius 2 is 1.24 bits per heavy atom. The lowest BCUT2D eigenvalue weighted by Gasteiger charge is -2.28. The van der Waals surface area contributed by atoms with Gasteiger partial charge in [0.25, 0.3) is 0 Å². The van der Waals surface area contributed by atoms with Gasteiger partial charge in [-0.3, -0.25) is 33.6 Å². The number of nitrogens with two attached hydrogens (primary N) is 1. The third kappa shape index (κ3) is 15.2. The molecule has 6 amide bonds. The van der Waals surface area contributed by atoms with Crippen LogP contribution in [0.4, 0.5) is 0 Å². The molecule has 0 aliphatic heterocycles. The Kier molecular flexibility index (Phi) is 17.6. The van der Waals surface area contributed by atoms with E-state index in [0.29, 0.717) is 0 Å². The van der Waals surface area contributed by atoms with Crippen molar-refractivity contribution in [2.24, 2.45) is 11.7 Å². The van der Waals surface area contributed by atoms with E-state index in [0.717, 1.165) is 6.92 Å². The summed E-state index contributed by atoms with van der Waals surface area (Å²) in [5.74, 6) is -6.35. The van der Waals surface area contributed by atoms with Crippen LogP contribution < -0.4 is 32.3 Å². The van der Waals surface area contributed by atoms with Crippen LogP contribution >= 0.6 is 0 Å². The maximum absolute atomic E-state index is 13.1. The van der Waals surface area contributed by atoms with Crippen LogP contribution in [-0.4, -0.2) is 111 Å². The van der Waals surface area contributed by atoms with Crippen LogP contribution in [-0.2, 0) is 33.6 Å². The monoisotopic (exact) mass is 604 g/mol. The van der Waals surface area contributed by atoms with Gasteiger partial charge in [0, 0.05) is 19.8 Å². The first-order valence-corrected chi connectivity index (χ1v) is 13.4. The van der Waals surface area contributed by atoms with Crippen molar-refractivity contribution in [3.63, 3.8) is 0 Å². The van der Waals surface area contributed by atoms with Crippen LogP contribution in [0, 0.1) is 5.92 Å². The highest BCUT2D eigenvalue weighted by Crippen LogP contribution is 2.08. The molecule has 0 rings (SSSR count). The molecule has 0 aromatic heterocycles. The standard InChI is InChI=1S/C25H44N6O11/c1-12(2)9-17(23(40)28-15(10-32)5-7-19(26)36)29-25(42)21(13(3)34)31-24(41)18(11-33)30-22(39)16(27-14(4)35)6-8-20(37)38/h12-13,15-18,21,32-34H,5-11H2,1-4H3,(H2,26,36)(H,27,35)(H,28,40)(H,29,42)(H,30,39)(H,31,41)(H,37,38)/t13-,15+,16+,17+,18+,21+/m1/s1. The highest BCUT2D eigenvalue weighted by Gasteiger charge is 2.33. The summed E-state index contributed by atoms with van der Waals surface area (Å²) in [5, 5.41) is 49.9. The quantitative estimate of drug-likeness (QED) is 0.0638. The van der Waals surface area contributed by atoms with Crippen molar-refractivity contribution in [2.45, 2.75) is 96.1 Å². The summed E-state index contributed by atoms with van der Waals surface area (Å²) in [6.07, 6.45) is -2.21. The molecule has 6 atom stereocenters. The van der Waals surface area contributed by atoms with Crippen LogP contribution in [0.2, 0.25) is 0 Å². The highest BCUT2D eigenvalue weighted by molar-refractivity contribution is 5.95. The average molecular weight is 605 g/mol. The lowest BCUT2D eigenvalue weighted by Crippen LogP contribution is -2.61. The number of primary amides is 1. The summed E-state index contributed by atoms with van der Waals surface area (Å²) < 4.78 is 0. The van der Waals surface area contributed by atoms with Crippen molar-refractivity contribution in [3.8, 4) is 0 Å². The molecule has 0 aliphatic rings. The van der Waals surface area contributed by atoms with Gasteiger partial charge in [-0.25, -0.2) is 0 Å². The number of nitrogens with one attached hydrogen (secondary N) is 5. The number of rotatable bonds is 20. The van der Waals surface area contributed by atoms with Crippen LogP contribution in [0.1, 0.15) is 59.8 Å². The van der Waals surface area contributed by atoms with Crippen molar-refractivity contribution < 1.29 is 54.0 Å². The lowest BCUT2D eigenvalue weighted by atomic mass is 10.0. The van der Waals surface area contributed by atoms with Gasteiger partial charge >= 0.3 is 5.97 Å². The van der Waals surface area contributed by atoms with E-state index in [1.165, 1.54) is 6.92 Å². The summed E-state index contributed by atoms with van der Waals surface area (Å²) in [5.41, 5.74) is 5.11. The molecule has 17 heteroatoms. The molecule has 0 saturated heterocycles. The number of amides is 6. The molecule has 0 fully saturated rings. The van der Waals surface area contributed by atoms with E-state index in [1.54, 1.807) is 13.8 Å². The van der Waals surface area contributed by atoms with Crippen molar-refractivity contribution in [2.75, 3.05) is 13.2 Å². The van der Waals surface area contributed by atoms with Gasteiger partial charge in [-0.1, -0.05) is 13.8 Å². The third-order valence-corrected chi connectivity index (χ3v) is 5.87. The van der Waals surface area contributed by atoms with Crippen molar-refractivity contribution in [3.05, 3.63) is 0 Å². The first-order valence-electron chi connectivity index (χ1n) is 13.4. The summed E-state index contributed by atoms with van der Waals surface area (Å²) >= 11 is 0. The molecule has 0 unspecified atom stereocenters. The number of aliphatic carboxylic acids is 1. The molecule has 0 saturated carbocycles. The highest BCUT2D eigenvalue weighted by atomic mass is 16.4. The van der Waals surface area contributed by atoms with E-state index in [1.807, 2.05) is 0 Å². The van der Waals surface area contributed by atoms with Crippen LogP contribution in [0.15, 0.2) is 0 Å². The second kappa shape index (κ2) is 19.3. The largest absolute Gasteiger partial charge is 0.481 e. The SMILES string of the molecule is CC(=O)N[C@@H](CCC(=O)O)C(=O)N[C@@H](CO)C(=O)N[C@H](C(=O)N[C@@H](CC(C)C)C(=O)N[C@H](CO)CCC(N)=O)[C@@H](C)O. The molecule has 0 aromatic carbocycles. The fourth-order valence-corrected chi connectivity index (χ4v) is 3.70. The predicted molar refractivity (Wildman–Crippen MR) is 146 cm³/mol. The predicted octanol–water partition coefficient (Wildman–Crippen LogP) is -4.03. The molecule has 17 nitrogen and oxygen atoms in total. The van der Waals surface area contributed by atoms with Crippen LogP contribution in [0.25, 0.3) is 0 Å². The average Bonchev–Trinajstić information content (AvgIpc) is 2.88. The fraction of sp³-hybridized carbons (Fsp3) is 0.720. The molecule has 240 valence electrons. The van der Waals surface area contributed by atoms with E-state index in [4.69, 9.17) is 10.8 Å². The maximum atomic E-state index is 13.1. The molecular weight excluding hydrogens is 560 g/mol. The number of aliphatic hydroxyl groups excluding tert-OH is 3. The van der Waals surface area contributed by atoms with E-state index >= 15 is 0 Å². The van der Waals surface area contributed by atoms with E-state index in [9.17, 15) is 48.9 Å². The van der Waals surface area contributed by atoms with Crippen molar-refractivity contribution >= 4 is 41.4 Å². The number of carboxylic acids is 1. The Morgan fingerprint density at radius 3 is 1.69 bits per heavy atom. The molecule has 0 spiro atoms. The fourth-order valence-electron chi connectivity index (χ4n) is 3.70. The Balaban J connectivity index is 5.63. The van der Waals surface area contributed by atoms with Crippen molar-refractivity contribution in [1.82, 2.24) is 26.6 Å². The van der Waals surface area contributed by atoms with E-state index < -0.39 is 97.4 Å². The van der Waals surface area contributed by atoms with Crippen molar-refractivity contribution in [1.29, 1.82) is 0 Å². The molecule has 11 N–H and O–H groups in total. The zero-order valence-corrected chi connectivity index (χ0v) is 24.2. The number of aliphatic hydroxyl groups is 3. The minimum Gasteiger partial charge on any atom is -0.481 e. The first kappa shape index (κ1) is 38.2. The summed E-state index contributed by atoms with van der Waals surface area (Å²) in [4.78, 5) is 84.8. The molecule has 42 heavy (non-hydrogen) atoms. The lowest BCUT2D eigenvalue weighted by molar-refractivity contribution is -0.138. The number of carboxylic acid groups (broad SMARTS) is 1.